The van der Waals surface area contributed by atoms with E-state index in [1.54, 1.807) is 0 Å². The third-order valence-corrected chi connectivity index (χ3v) is 3.31. The van der Waals surface area contributed by atoms with Gasteiger partial charge in [-0.05, 0) is 48.9 Å². The van der Waals surface area contributed by atoms with E-state index < -0.39 is 17.6 Å². The van der Waals surface area contributed by atoms with Gasteiger partial charge in [-0.3, -0.25) is 4.79 Å². The van der Waals surface area contributed by atoms with Crippen LogP contribution in [0.3, 0.4) is 0 Å². The van der Waals surface area contributed by atoms with Gasteiger partial charge in [0.1, 0.15) is 18.2 Å². The van der Waals surface area contributed by atoms with Crippen LogP contribution in [-0.4, -0.2) is 5.78 Å². The summed E-state index contributed by atoms with van der Waals surface area (Å²) < 4.78 is 56.3. The Morgan fingerprint density at radius 3 is 2.43 bits per heavy atom. The molecule has 0 aromatic heterocycles. The minimum atomic E-state index is -4.50. The fraction of sp³-hybridized carbons (Fsp3) is 0.188. The highest BCUT2D eigenvalue weighted by atomic mass is 35.5. The van der Waals surface area contributed by atoms with E-state index in [9.17, 15) is 22.4 Å². The van der Waals surface area contributed by atoms with Crippen LogP contribution < -0.4 is 4.74 Å². The van der Waals surface area contributed by atoms with Gasteiger partial charge in [0.25, 0.3) is 0 Å². The number of alkyl halides is 3. The highest BCUT2D eigenvalue weighted by Gasteiger charge is 2.31. The molecule has 0 heterocycles. The van der Waals surface area contributed by atoms with Gasteiger partial charge in [0, 0.05) is 5.56 Å². The Bertz CT molecular complexity index is 741. The molecule has 122 valence electrons. The van der Waals surface area contributed by atoms with Gasteiger partial charge in [-0.1, -0.05) is 11.6 Å². The minimum Gasteiger partial charge on any atom is -0.487 e. The number of carbonyl (C=O) groups is 1. The van der Waals surface area contributed by atoms with E-state index in [1.165, 1.54) is 19.1 Å². The first-order valence-corrected chi connectivity index (χ1v) is 6.84. The highest BCUT2D eigenvalue weighted by Crippen LogP contribution is 2.34. The van der Waals surface area contributed by atoms with Gasteiger partial charge in [-0.2, -0.15) is 13.2 Å². The molecule has 0 bridgehead atoms. The van der Waals surface area contributed by atoms with Crippen LogP contribution in [0.1, 0.15) is 28.4 Å². The van der Waals surface area contributed by atoms with Crippen molar-refractivity contribution in [2.45, 2.75) is 19.7 Å². The van der Waals surface area contributed by atoms with Gasteiger partial charge in [0.2, 0.25) is 0 Å². The van der Waals surface area contributed by atoms with E-state index in [2.05, 4.69) is 0 Å². The second kappa shape index (κ2) is 6.58. The predicted molar refractivity (Wildman–Crippen MR) is 77.2 cm³/mol. The number of halogens is 5. The minimum absolute atomic E-state index is 0.0355. The molecule has 0 saturated carbocycles. The maximum Gasteiger partial charge on any atom is 0.416 e. The molecule has 23 heavy (non-hydrogen) atoms. The molecule has 0 aliphatic heterocycles. The van der Waals surface area contributed by atoms with Crippen LogP contribution in [0.25, 0.3) is 0 Å². The summed E-state index contributed by atoms with van der Waals surface area (Å²) in [5.74, 6) is -0.874. The summed E-state index contributed by atoms with van der Waals surface area (Å²) in [6, 6.07) is 6.40. The summed E-state index contributed by atoms with van der Waals surface area (Å²) in [7, 11) is 0. The number of ketones is 1. The SMILES string of the molecule is CC(=O)c1cc(F)cc(COc2ccc(C(F)(F)F)cc2Cl)c1. The van der Waals surface area contributed by atoms with Gasteiger partial charge in [-0.15, -0.1) is 0 Å². The van der Waals surface area contributed by atoms with Gasteiger partial charge in [0.15, 0.2) is 5.78 Å². The Kier molecular flexibility index (Phi) is 4.94. The molecule has 0 aliphatic carbocycles. The van der Waals surface area contributed by atoms with Gasteiger partial charge < -0.3 is 4.74 Å². The number of benzene rings is 2. The summed E-state index contributed by atoms with van der Waals surface area (Å²) in [5.41, 5.74) is -0.340. The molecule has 0 spiro atoms. The van der Waals surface area contributed by atoms with Crippen molar-refractivity contribution in [1.29, 1.82) is 0 Å². The van der Waals surface area contributed by atoms with Crippen molar-refractivity contribution in [3.05, 3.63) is 63.9 Å². The molecule has 0 atom stereocenters. The van der Waals surface area contributed by atoms with E-state index >= 15 is 0 Å². The second-order valence-electron chi connectivity index (χ2n) is 4.84. The first-order chi connectivity index (χ1) is 10.7. The molecule has 2 nitrogen and oxygen atoms in total. The second-order valence-corrected chi connectivity index (χ2v) is 5.24. The molecule has 0 fully saturated rings. The predicted octanol–water partition coefficient (Wildman–Crippen LogP) is 5.28. The maximum atomic E-state index is 13.4. The molecule has 0 N–H and O–H groups in total. The van der Waals surface area contributed by atoms with E-state index in [0.29, 0.717) is 5.56 Å². The summed E-state index contributed by atoms with van der Waals surface area (Å²) in [6.07, 6.45) is -4.50. The zero-order valence-electron chi connectivity index (χ0n) is 11.9. The molecule has 7 heteroatoms. The van der Waals surface area contributed by atoms with Crippen LogP contribution in [0.4, 0.5) is 17.6 Å². The Morgan fingerprint density at radius 2 is 1.87 bits per heavy atom. The summed E-state index contributed by atoms with van der Waals surface area (Å²) in [4.78, 5) is 11.3. The van der Waals surface area contributed by atoms with Crippen molar-refractivity contribution < 1.29 is 27.1 Å². The van der Waals surface area contributed by atoms with Crippen LogP contribution in [0, 0.1) is 5.82 Å². The fourth-order valence-corrected chi connectivity index (χ4v) is 2.13. The number of rotatable bonds is 4. The highest BCUT2D eigenvalue weighted by molar-refractivity contribution is 6.32. The zero-order chi connectivity index (χ0) is 17.2. The molecule has 2 aromatic carbocycles. The molecule has 0 radical (unpaired) electrons. The average Bonchev–Trinajstić information content (AvgIpc) is 2.44. The summed E-state index contributed by atoms with van der Waals surface area (Å²) in [5, 5.41) is -0.206. The van der Waals surface area contributed by atoms with Gasteiger partial charge in [-0.25, -0.2) is 4.39 Å². The smallest absolute Gasteiger partial charge is 0.416 e. The number of hydrogen-bond acceptors (Lipinski definition) is 2. The van der Waals surface area contributed by atoms with Crippen LogP contribution in [0.5, 0.6) is 5.75 Å². The quantitative estimate of drug-likeness (QED) is 0.556. The molecular weight excluding hydrogens is 336 g/mol. The van der Waals surface area contributed by atoms with E-state index in [-0.39, 0.29) is 28.7 Å². The Morgan fingerprint density at radius 1 is 1.17 bits per heavy atom. The Labute approximate surface area is 134 Å². The lowest BCUT2D eigenvalue weighted by molar-refractivity contribution is -0.137. The van der Waals surface area contributed by atoms with Crippen LogP contribution >= 0.6 is 11.6 Å². The topological polar surface area (TPSA) is 26.3 Å². The van der Waals surface area contributed by atoms with Crippen molar-refractivity contribution >= 4 is 17.4 Å². The number of Topliss-reactive ketones (excluding diaryl/α,β-unsaturated/α-hetero) is 1. The molecule has 0 unspecified atom stereocenters. The molecule has 0 aliphatic rings. The number of carbonyl (C=O) groups excluding carboxylic acids is 1. The van der Waals surface area contributed by atoms with Crippen molar-refractivity contribution in [1.82, 2.24) is 0 Å². The van der Waals surface area contributed by atoms with Crippen molar-refractivity contribution in [3.8, 4) is 5.75 Å². The number of ether oxygens (including phenoxy) is 1. The third kappa shape index (κ3) is 4.45. The van der Waals surface area contributed by atoms with Gasteiger partial charge >= 0.3 is 6.18 Å². The summed E-state index contributed by atoms with van der Waals surface area (Å²) in [6.45, 7) is 1.16. The maximum absolute atomic E-state index is 13.4. The standard InChI is InChI=1S/C16H11ClF4O2/c1-9(22)11-4-10(5-13(18)6-11)8-23-15-3-2-12(7-14(15)17)16(19,20)21/h2-7H,8H2,1H3. The molecule has 0 amide bonds. The lowest BCUT2D eigenvalue weighted by Gasteiger charge is -2.12. The first-order valence-electron chi connectivity index (χ1n) is 6.47. The lowest BCUT2D eigenvalue weighted by atomic mass is 10.1. The van der Waals surface area contributed by atoms with E-state index in [4.69, 9.17) is 16.3 Å². The fourth-order valence-electron chi connectivity index (χ4n) is 1.89. The number of hydrogen-bond donors (Lipinski definition) is 0. The molecular formula is C16H11ClF4O2. The van der Waals surface area contributed by atoms with Crippen molar-refractivity contribution in [3.63, 3.8) is 0 Å². The Balaban J connectivity index is 2.17. The first kappa shape index (κ1) is 17.3. The lowest BCUT2D eigenvalue weighted by Crippen LogP contribution is -2.05. The third-order valence-electron chi connectivity index (χ3n) is 3.02. The van der Waals surface area contributed by atoms with Crippen LogP contribution in [0.15, 0.2) is 36.4 Å². The molecule has 0 saturated heterocycles. The van der Waals surface area contributed by atoms with Crippen LogP contribution in [-0.2, 0) is 12.8 Å². The largest absolute Gasteiger partial charge is 0.487 e. The Hall–Kier alpha value is -2.08. The monoisotopic (exact) mass is 346 g/mol. The summed E-state index contributed by atoms with van der Waals surface area (Å²) >= 11 is 5.76. The molecule has 2 rings (SSSR count). The zero-order valence-corrected chi connectivity index (χ0v) is 12.6. The van der Waals surface area contributed by atoms with Crippen LogP contribution in [0.2, 0.25) is 5.02 Å². The van der Waals surface area contributed by atoms with Crippen molar-refractivity contribution in [2.75, 3.05) is 0 Å². The average molecular weight is 347 g/mol. The van der Waals surface area contributed by atoms with Gasteiger partial charge in [0.05, 0.1) is 10.6 Å². The van der Waals surface area contributed by atoms with Crippen molar-refractivity contribution in [2.24, 2.45) is 0 Å². The van der Waals surface area contributed by atoms with E-state index in [0.717, 1.165) is 24.3 Å². The van der Waals surface area contributed by atoms with E-state index in [1.807, 2.05) is 0 Å². The molecule has 2 aromatic rings. The normalized spacial score (nSPS) is 11.4.